The summed E-state index contributed by atoms with van der Waals surface area (Å²) in [7, 11) is 3.33. The molecule has 4 nitrogen and oxygen atoms in total. The van der Waals surface area contributed by atoms with Crippen molar-refractivity contribution in [3.63, 3.8) is 0 Å². The summed E-state index contributed by atoms with van der Waals surface area (Å²) in [5.41, 5.74) is 5.49. The zero-order valence-electron chi connectivity index (χ0n) is 15.2. The van der Waals surface area contributed by atoms with Crippen LogP contribution in [0.3, 0.4) is 0 Å². The summed E-state index contributed by atoms with van der Waals surface area (Å²) in [4.78, 5) is 0. The molecule has 0 fully saturated rings. The fourth-order valence-corrected chi connectivity index (χ4v) is 3.36. The normalized spacial score (nSPS) is 16.4. The highest BCUT2D eigenvalue weighted by Gasteiger charge is 2.25. The van der Waals surface area contributed by atoms with Crippen molar-refractivity contribution in [3.05, 3.63) is 59.2 Å². The number of rotatable bonds is 5. The maximum Gasteiger partial charge on any atom is 0.161 e. The highest BCUT2D eigenvalue weighted by atomic mass is 16.5. The van der Waals surface area contributed by atoms with E-state index in [4.69, 9.17) is 9.47 Å². The van der Waals surface area contributed by atoms with E-state index < -0.39 is 0 Å². The SMILES string of the molecule is CCC1C(C)=NN=C(Cc2ccccc2)c2cc(OC)c(OC)cc21. The van der Waals surface area contributed by atoms with Crippen LogP contribution in [0.2, 0.25) is 0 Å². The van der Waals surface area contributed by atoms with Gasteiger partial charge < -0.3 is 9.47 Å². The molecule has 1 aliphatic heterocycles. The molecule has 2 aromatic carbocycles. The summed E-state index contributed by atoms with van der Waals surface area (Å²) in [5, 5.41) is 9.08. The molecule has 1 atom stereocenters. The molecule has 3 rings (SSSR count). The lowest BCUT2D eigenvalue weighted by Gasteiger charge is -2.20. The number of hydrogen-bond acceptors (Lipinski definition) is 4. The Labute approximate surface area is 149 Å². The van der Waals surface area contributed by atoms with Gasteiger partial charge in [0.15, 0.2) is 11.5 Å². The van der Waals surface area contributed by atoms with E-state index in [-0.39, 0.29) is 5.92 Å². The first-order chi connectivity index (χ1) is 12.2. The Kier molecular flexibility index (Phi) is 5.17. The average Bonchev–Trinajstić information content (AvgIpc) is 2.77. The van der Waals surface area contributed by atoms with Crippen LogP contribution in [0.5, 0.6) is 11.5 Å². The summed E-state index contributed by atoms with van der Waals surface area (Å²) < 4.78 is 11.0. The van der Waals surface area contributed by atoms with Gasteiger partial charge in [0.05, 0.1) is 19.9 Å². The molecule has 0 amide bonds. The predicted octanol–water partition coefficient (Wildman–Crippen LogP) is 4.62. The van der Waals surface area contributed by atoms with Crippen LogP contribution >= 0.6 is 0 Å². The summed E-state index contributed by atoms with van der Waals surface area (Å²) in [6.45, 7) is 4.22. The Morgan fingerprint density at radius 1 is 0.960 bits per heavy atom. The van der Waals surface area contributed by atoms with Crippen molar-refractivity contribution >= 4 is 11.4 Å². The molecule has 0 radical (unpaired) electrons. The third-order valence-electron chi connectivity index (χ3n) is 4.70. The van der Waals surface area contributed by atoms with Gasteiger partial charge in [-0.2, -0.15) is 10.2 Å². The largest absolute Gasteiger partial charge is 0.493 e. The van der Waals surface area contributed by atoms with Crippen LogP contribution in [-0.2, 0) is 6.42 Å². The van der Waals surface area contributed by atoms with Gasteiger partial charge in [0.1, 0.15) is 0 Å². The molecular formula is C21H24N2O2. The van der Waals surface area contributed by atoms with Crippen molar-refractivity contribution < 1.29 is 9.47 Å². The fraction of sp³-hybridized carbons (Fsp3) is 0.333. The molecule has 0 N–H and O–H groups in total. The second kappa shape index (κ2) is 7.51. The second-order valence-electron chi connectivity index (χ2n) is 6.21. The monoisotopic (exact) mass is 336 g/mol. The molecule has 25 heavy (non-hydrogen) atoms. The van der Waals surface area contributed by atoms with Gasteiger partial charge in [0.2, 0.25) is 0 Å². The minimum atomic E-state index is 0.229. The lowest BCUT2D eigenvalue weighted by molar-refractivity contribution is 0.354. The van der Waals surface area contributed by atoms with Gasteiger partial charge in [-0.15, -0.1) is 0 Å². The van der Waals surface area contributed by atoms with Crippen LogP contribution < -0.4 is 9.47 Å². The van der Waals surface area contributed by atoms with E-state index in [9.17, 15) is 0 Å². The zero-order chi connectivity index (χ0) is 17.8. The molecule has 2 aromatic rings. The van der Waals surface area contributed by atoms with Crippen molar-refractivity contribution in [1.29, 1.82) is 0 Å². The van der Waals surface area contributed by atoms with Crippen LogP contribution in [0.15, 0.2) is 52.7 Å². The molecule has 0 aromatic heterocycles. The molecule has 1 aliphatic rings. The summed E-state index contributed by atoms with van der Waals surface area (Å²) in [6.07, 6.45) is 1.70. The van der Waals surface area contributed by atoms with E-state index in [1.54, 1.807) is 14.2 Å². The van der Waals surface area contributed by atoms with Crippen LogP contribution in [-0.4, -0.2) is 25.6 Å². The number of hydrogen-bond donors (Lipinski definition) is 0. The molecular weight excluding hydrogens is 312 g/mol. The average molecular weight is 336 g/mol. The Morgan fingerprint density at radius 3 is 2.28 bits per heavy atom. The fourth-order valence-electron chi connectivity index (χ4n) is 3.36. The number of ether oxygens (including phenoxy) is 2. The molecule has 0 spiro atoms. The first-order valence-corrected chi connectivity index (χ1v) is 8.59. The standard InChI is InChI=1S/C21H24N2O2/c1-5-16-14(2)22-23-19(11-15-9-7-6-8-10-15)18-13-21(25-4)20(24-3)12-17(16)18/h6-10,12-13,16H,5,11H2,1-4H3. The first kappa shape index (κ1) is 17.2. The van der Waals surface area contributed by atoms with Crippen molar-refractivity contribution in [2.24, 2.45) is 10.2 Å². The number of benzene rings is 2. The highest BCUT2D eigenvalue weighted by Crippen LogP contribution is 2.37. The van der Waals surface area contributed by atoms with Gasteiger partial charge in [0, 0.05) is 23.6 Å². The zero-order valence-corrected chi connectivity index (χ0v) is 15.2. The van der Waals surface area contributed by atoms with Gasteiger partial charge in [-0.3, -0.25) is 0 Å². The van der Waals surface area contributed by atoms with Gasteiger partial charge in [-0.1, -0.05) is 37.3 Å². The van der Waals surface area contributed by atoms with E-state index in [0.717, 1.165) is 41.3 Å². The van der Waals surface area contributed by atoms with Crippen molar-refractivity contribution in [2.45, 2.75) is 32.6 Å². The molecule has 1 heterocycles. The van der Waals surface area contributed by atoms with Gasteiger partial charge in [0.25, 0.3) is 0 Å². The number of fused-ring (bicyclic) bond motifs is 1. The van der Waals surface area contributed by atoms with Gasteiger partial charge >= 0.3 is 0 Å². The Balaban J connectivity index is 2.14. The van der Waals surface area contributed by atoms with Gasteiger partial charge in [-0.25, -0.2) is 0 Å². The minimum absolute atomic E-state index is 0.229. The second-order valence-corrected chi connectivity index (χ2v) is 6.21. The molecule has 4 heteroatoms. The Bertz CT molecular complexity index is 810. The molecule has 0 bridgehead atoms. The predicted molar refractivity (Wildman–Crippen MR) is 102 cm³/mol. The van der Waals surface area contributed by atoms with E-state index in [2.05, 4.69) is 35.3 Å². The quantitative estimate of drug-likeness (QED) is 0.799. The van der Waals surface area contributed by atoms with Crippen LogP contribution in [0.4, 0.5) is 0 Å². The Hall–Kier alpha value is -2.62. The summed E-state index contributed by atoms with van der Waals surface area (Å²) in [6, 6.07) is 14.5. The van der Waals surface area contributed by atoms with Crippen molar-refractivity contribution in [2.75, 3.05) is 14.2 Å². The van der Waals surface area contributed by atoms with E-state index >= 15 is 0 Å². The minimum Gasteiger partial charge on any atom is -0.493 e. The molecule has 130 valence electrons. The van der Waals surface area contributed by atoms with E-state index in [1.165, 1.54) is 11.1 Å². The summed E-state index contributed by atoms with van der Waals surface area (Å²) in [5.74, 6) is 1.69. The molecule has 1 unspecified atom stereocenters. The Morgan fingerprint density at radius 2 is 1.64 bits per heavy atom. The smallest absolute Gasteiger partial charge is 0.161 e. The van der Waals surface area contributed by atoms with E-state index in [1.807, 2.05) is 31.2 Å². The van der Waals surface area contributed by atoms with Crippen molar-refractivity contribution in [1.82, 2.24) is 0 Å². The molecule has 0 aliphatic carbocycles. The third-order valence-corrected chi connectivity index (χ3v) is 4.70. The first-order valence-electron chi connectivity index (χ1n) is 8.59. The van der Waals surface area contributed by atoms with Crippen molar-refractivity contribution in [3.8, 4) is 11.5 Å². The van der Waals surface area contributed by atoms with Crippen LogP contribution in [0.1, 0.15) is 42.9 Å². The van der Waals surface area contributed by atoms with Crippen LogP contribution in [0, 0.1) is 0 Å². The van der Waals surface area contributed by atoms with Crippen LogP contribution in [0.25, 0.3) is 0 Å². The lowest BCUT2D eigenvalue weighted by Crippen LogP contribution is -2.13. The van der Waals surface area contributed by atoms with Gasteiger partial charge in [-0.05, 0) is 36.6 Å². The third kappa shape index (κ3) is 3.43. The maximum atomic E-state index is 5.52. The highest BCUT2D eigenvalue weighted by molar-refractivity contribution is 6.07. The maximum absolute atomic E-state index is 5.52. The molecule has 0 saturated carbocycles. The summed E-state index contributed by atoms with van der Waals surface area (Å²) >= 11 is 0. The van der Waals surface area contributed by atoms with E-state index in [0.29, 0.717) is 0 Å². The number of methoxy groups -OCH3 is 2. The number of nitrogens with zero attached hydrogens (tertiary/aromatic N) is 2. The molecule has 0 saturated heterocycles. The lowest BCUT2D eigenvalue weighted by atomic mass is 9.86. The topological polar surface area (TPSA) is 43.2 Å².